The number of anilines is 1. The lowest BCUT2D eigenvalue weighted by atomic mass is 10.2. The Morgan fingerprint density at radius 3 is 2.88 bits per heavy atom. The van der Waals surface area contributed by atoms with Crippen LogP contribution >= 0.6 is 0 Å². The maximum atomic E-state index is 9.11. The molecule has 4 N–H and O–H groups in total. The van der Waals surface area contributed by atoms with Gasteiger partial charge in [-0.2, -0.15) is 0 Å². The van der Waals surface area contributed by atoms with Crippen LogP contribution in [0.2, 0.25) is 0 Å². The van der Waals surface area contributed by atoms with Gasteiger partial charge in [0.2, 0.25) is 0 Å². The van der Waals surface area contributed by atoms with Gasteiger partial charge in [0.15, 0.2) is 0 Å². The molecule has 0 aliphatic carbocycles. The van der Waals surface area contributed by atoms with Crippen LogP contribution < -0.4 is 11.3 Å². The Bertz CT molecular complexity index is 471. The third-order valence-electron chi connectivity index (χ3n) is 2.18. The highest BCUT2D eigenvalue weighted by atomic mass is 16.3. The summed E-state index contributed by atoms with van der Waals surface area (Å²) >= 11 is 0. The third-order valence-corrected chi connectivity index (χ3v) is 2.18. The highest BCUT2D eigenvalue weighted by Crippen LogP contribution is 2.13. The van der Waals surface area contributed by atoms with Crippen molar-refractivity contribution in [3.8, 4) is 5.82 Å². The number of aliphatic hydroxyl groups excluding tert-OH is 1. The van der Waals surface area contributed by atoms with Crippen LogP contribution in [-0.2, 0) is 6.61 Å². The number of aryl methyl sites for hydroxylation is 1. The quantitative estimate of drug-likeness (QED) is 0.512. The van der Waals surface area contributed by atoms with Crippen LogP contribution in [0, 0.1) is 6.92 Å². The van der Waals surface area contributed by atoms with Crippen molar-refractivity contribution in [2.45, 2.75) is 13.5 Å². The van der Waals surface area contributed by atoms with Crippen LogP contribution in [0.5, 0.6) is 0 Å². The molecule has 0 aliphatic rings. The molecule has 6 nitrogen and oxygen atoms in total. The van der Waals surface area contributed by atoms with E-state index in [1.807, 2.05) is 13.1 Å². The summed E-state index contributed by atoms with van der Waals surface area (Å²) in [5, 5.41) is 9.11. The SMILES string of the molecule is Cc1cn(-c2cc(CO)cc(NN)n2)cn1. The van der Waals surface area contributed by atoms with Crippen molar-refractivity contribution in [1.82, 2.24) is 14.5 Å². The van der Waals surface area contributed by atoms with Gasteiger partial charge in [-0.05, 0) is 24.6 Å². The van der Waals surface area contributed by atoms with E-state index in [1.165, 1.54) is 0 Å². The van der Waals surface area contributed by atoms with E-state index in [4.69, 9.17) is 10.9 Å². The second-order valence-corrected chi connectivity index (χ2v) is 3.44. The molecule has 0 aromatic carbocycles. The van der Waals surface area contributed by atoms with E-state index in [2.05, 4.69) is 15.4 Å². The van der Waals surface area contributed by atoms with Gasteiger partial charge >= 0.3 is 0 Å². The Kier molecular flexibility index (Phi) is 2.84. The first kappa shape index (κ1) is 10.6. The summed E-state index contributed by atoms with van der Waals surface area (Å²) < 4.78 is 1.77. The normalized spacial score (nSPS) is 10.4. The maximum absolute atomic E-state index is 9.11. The fourth-order valence-electron chi connectivity index (χ4n) is 1.42. The molecule has 0 saturated carbocycles. The van der Waals surface area contributed by atoms with E-state index < -0.39 is 0 Å². The van der Waals surface area contributed by atoms with Gasteiger partial charge in [0.05, 0.1) is 12.3 Å². The first-order valence-corrected chi connectivity index (χ1v) is 4.82. The molecule has 2 aromatic heterocycles. The topological polar surface area (TPSA) is 89.0 Å². The monoisotopic (exact) mass is 219 g/mol. The number of rotatable bonds is 3. The number of nitrogens with one attached hydrogen (secondary N) is 1. The summed E-state index contributed by atoms with van der Waals surface area (Å²) in [6, 6.07) is 3.47. The number of imidazole rings is 1. The van der Waals surface area contributed by atoms with Gasteiger partial charge in [-0.25, -0.2) is 15.8 Å². The highest BCUT2D eigenvalue weighted by Gasteiger charge is 2.04. The van der Waals surface area contributed by atoms with E-state index in [1.54, 1.807) is 23.0 Å². The number of nitrogens with zero attached hydrogens (tertiary/aromatic N) is 3. The Morgan fingerprint density at radius 2 is 2.31 bits per heavy atom. The Hall–Kier alpha value is -1.92. The van der Waals surface area contributed by atoms with Crippen molar-refractivity contribution in [2.75, 3.05) is 5.43 Å². The highest BCUT2D eigenvalue weighted by molar-refractivity contribution is 5.43. The van der Waals surface area contributed by atoms with E-state index in [0.29, 0.717) is 11.6 Å². The molecule has 2 aromatic rings. The minimum absolute atomic E-state index is 0.0577. The van der Waals surface area contributed by atoms with Crippen molar-refractivity contribution < 1.29 is 5.11 Å². The molecule has 0 amide bonds. The predicted molar refractivity (Wildman–Crippen MR) is 59.8 cm³/mol. The van der Waals surface area contributed by atoms with Crippen molar-refractivity contribution in [2.24, 2.45) is 5.84 Å². The summed E-state index contributed by atoms with van der Waals surface area (Å²) in [7, 11) is 0. The molecule has 0 unspecified atom stereocenters. The van der Waals surface area contributed by atoms with E-state index >= 15 is 0 Å². The van der Waals surface area contributed by atoms with Gasteiger partial charge in [-0.15, -0.1) is 0 Å². The van der Waals surface area contributed by atoms with E-state index in [-0.39, 0.29) is 6.61 Å². The van der Waals surface area contributed by atoms with Crippen LogP contribution in [-0.4, -0.2) is 19.6 Å². The third kappa shape index (κ3) is 2.02. The van der Waals surface area contributed by atoms with Crippen LogP contribution in [0.25, 0.3) is 5.82 Å². The number of pyridine rings is 1. The lowest BCUT2D eigenvalue weighted by molar-refractivity contribution is 0.281. The molecule has 16 heavy (non-hydrogen) atoms. The number of hydrogen-bond acceptors (Lipinski definition) is 5. The van der Waals surface area contributed by atoms with Crippen molar-refractivity contribution in [1.29, 1.82) is 0 Å². The Labute approximate surface area is 92.7 Å². The van der Waals surface area contributed by atoms with Gasteiger partial charge in [0, 0.05) is 6.20 Å². The van der Waals surface area contributed by atoms with Crippen LogP contribution in [0.1, 0.15) is 11.3 Å². The zero-order valence-corrected chi connectivity index (χ0v) is 8.88. The van der Waals surface area contributed by atoms with Crippen LogP contribution in [0.15, 0.2) is 24.7 Å². The molecule has 0 aliphatic heterocycles. The standard InChI is InChI=1S/C10H13N5O/c1-7-4-15(6-12-7)10-3-8(5-16)2-9(13-10)14-11/h2-4,6,16H,5,11H2,1H3,(H,13,14). The fourth-order valence-corrected chi connectivity index (χ4v) is 1.42. The first-order valence-electron chi connectivity index (χ1n) is 4.82. The first-order chi connectivity index (χ1) is 7.72. The second kappa shape index (κ2) is 4.30. The number of hydrazine groups is 1. The summed E-state index contributed by atoms with van der Waals surface area (Å²) in [5.74, 6) is 6.48. The van der Waals surface area contributed by atoms with Crippen molar-refractivity contribution in [3.05, 3.63) is 35.9 Å². The number of nitrogens with two attached hydrogens (primary N) is 1. The number of aromatic nitrogens is 3. The molecular formula is C10H13N5O. The number of nitrogen functional groups attached to an aromatic ring is 1. The zero-order chi connectivity index (χ0) is 11.5. The van der Waals surface area contributed by atoms with E-state index in [0.717, 1.165) is 11.3 Å². The predicted octanol–water partition coefficient (Wildman–Crippen LogP) is 0.354. The van der Waals surface area contributed by atoms with Crippen LogP contribution in [0.3, 0.4) is 0 Å². The molecule has 0 bridgehead atoms. The fraction of sp³-hybridized carbons (Fsp3) is 0.200. The Balaban J connectivity index is 2.47. The van der Waals surface area contributed by atoms with Gasteiger partial charge in [0.25, 0.3) is 0 Å². The molecule has 2 rings (SSSR count). The molecular weight excluding hydrogens is 206 g/mol. The lowest BCUT2D eigenvalue weighted by Gasteiger charge is -2.07. The van der Waals surface area contributed by atoms with Gasteiger partial charge < -0.3 is 10.5 Å². The summed E-state index contributed by atoms with van der Waals surface area (Å²) in [6.07, 6.45) is 3.52. The molecule has 0 fully saturated rings. The minimum Gasteiger partial charge on any atom is -0.392 e. The van der Waals surface area contributed by atoms with Crippen molar-refractivity contribution >= 4 is 5.82 Å². The van der Waals surface area contributed by atoms with Gasteiger partial charge in [0.1, 0.15) is 18.0 Å². The molecule has 0 saturated heterocycles. The minimum atomic E-state index is -0.0577. The van der Waals surface area contributed by atoms with Crippen molar-refractivity contribution in [3.63, 3.8) is 0 Å². The summed E-state index contributed by atoms with van der Waals surface area (Å²) in [4.78, 5) is 8.37. The number of aliphatic hydroxyl groups is 1. The van der Waals surface area contributed by atoms with E-state index in [9.17, 15) is 0 Å². The molecule has 0 radical (unpaired) electrons. The van der Waals surface area contributed by atoms with Gasteiger partial charge in [-0.3, -0.25) is 4.57 Å². The molecule has 6 heteroatoms. The maximum Gasteiger partial charge on any atom is 0.142 e. The lowest BCUT2D eigenvalue weighted by Crippen LogP contribution is -2.10. The summed E-state index contributed by atoms with van der Waals surface area (Å²) in [5.41, 5.74) is 4.10. The largest absolute Gasteiger partial charge is 0.392 e. The smallest absolute Gasteiger partial charge is 0.142 e. The molecule has 2 heterocycles. The second-order valence-electron chi connectivity index (χ2n) is 3.44. The zero-order valence-electron chi connectivity index (χ0n) is 8.88. The van der Waals surface area contributed by atoms with Gasteiger partial charge in [-0.1, -0.05) is 0 Å². The number of hydrogen-bond donors (Lipinski definition) is 3. The Morgan fingerprint density at radius 1 is 1.50 bits per heavy atom. The molecule has 0 spiro atoms. The average molecular weight is 219 g/mol. The van der Waals surface area contributed by atoms with Crippen LogP contribution in [0.4, 0.5) is 5.82 Å². The average Bonchev–Trinajstić information content (AvgIpc) is 2.75. The molecule has 84 valence electrons. The molecule has 0 atom stereocenters. The summed E-state index contributed by atoms with van der Waals surface area (Å²) in [6.45, 7) is 1.84.